The van der Waals surface area contributed by atoms with Crippen LogP contribution in [0.1, 0.15) is 78.0 Å². The Kier molecular flexibility index (Phi) is 14.9. The Bertz CT molecular complexity index is 1180. The van der Waals surface area contributed by atoms with E-state index >= 15 is 0 Å². The van der Waals surface area contributed by atoms with Gasteiger partial charge in [0.15, 0.2) is 12.2 Å². The fraction of sp³-hybridized carbons (Fsp3) is 0.692. The molecule has 2 aromatic heterocycles. The largest absolute Gasteiger partial charge is 0.414 e. The van der Waals surface area contributed by atoms with Gasteiger partial charge in [0, 0.05) is 42.3 Å². The molecule has 0 aliphatic heterocycles. The van der Waals surface area contributed by atoms with Crippen LogP contribution in [-0.4, -0.2) is 52.7 Å². The first kappa shape index (κ1) is 42.1. The normalized spacial score (nSPS) is 18.8. The van der Waals surface area contributed by atoms with E-state index in [0.717, 1.165) is 8.95 Å². The minimum atomic E-state index is -4.72. The lowest BCUT2D eigenvalue weighted by Crippen LogP contribution is -2.49. The van der Waals surface area contributed by atoms with Gasteiger partial charge in [0.25, 0.3) is 0 Å². The Morgan fingerprint density at radius 2 is 0.955 bits per heavy atom. The molecule has 6 atom stereocenters. The highest BCUT2D eigenvalue weighted by Gasteiger charge is 2.46. The number of aliphatic hydroxyl groups is 2. The molecule has 0 aliphatic carbocycles. The maximum absolute atomic E-state index is 12.7. The molecule has 0 unspecified atom stereocenters. The number of hydrogen-bond acceptors (Lipinski definition) is 6. The summed E-state index contributed by atoms with van der Waals surface area (Å²) in [6.07, 6.45) is -15.7. The van der Waals surface area contributed by atoms with Crippen LogP contribution in [0.15, 0.2) is 31.8 Å². The van der Waals surface area contributed by atoms with E-state index in [4.69, 9.17) is 0 Å². The van der Waals surface area contributed by atoms with Crippen LogP contribution in [-0.2, 0) is 33.0 Å². The molecule has 0 saturated carbocycles. The predicted octanol–water partition coefficient (Wildman–Crippen LogP) is 8.18. The van der Waals surface area contributed by atoms with Gasteiger partial charge in [0.05, 0.1) is 42.5 Å². The lowest BCUT2D eigenvalue weighted by atomic mass is 9.93. The standard InChI is InChI=1S/2C13H19BrF3NO2S2/c2*1-11(2,3)22(20)18-12(4,6-9(19)13(15,16)17)10-5-8(14)7-21-10/h2*5,7,9,18-19H,6H2,1-4H3/t9-,12+,22-;9-,12-,22+/m10/s1. The lowest BCUT2D eigenvalue weighted by Gasteiger charge is -2.34. The molecule has 0 radical (unpaired) electrons. The SMILES string of the molecule is CC(C)(C)[S@@](=O)N[C@@](C)(C[C@@H](O)C(F)(F)F)c1cc(Br)cs1.CC(C)(C)[S@@](=O)N[C@@](C)(C[C@H](O)C(F)(F)F)c1cc(Br)cs1. The smallest absolute Gasteiger partial charge is 0.384 e. The van der Waals surface area contributed by atoms with Gasteiger partial charge in [-0.2, -0.15) is 26.3 Å². The zero-order valence-electron chi connectivity index (χ0n) is 25.2. The second-order valence-electron chi connectivity index (χ2n) is 12.4. The van der Waals surface area contributed by atoms with Crippen LogP contribution in [0, 0.1) is 0 Å². The highest BCUT2D eigenvalue weighted by atomic mass is 79.9. The third-order valence-electron chi connectivity index (χ3n) is 5.93. The van der Waals surface area contributed by atoms with Gasteiger partial charge in [-0.15, -0.1) is 22.7 Å². The van der Waals surface area contributed by atoms with E-state index in [9.17, 15) is 45.0 Å². The fourth-order valence-corrected chi connectivity index (χ4v) is 8.37. The summed E-state index contributed by atoms with van der Waals surface area (Å²) < 4.78 is 107. The Morgan fingerprint density at radius 3 is 1.14 bits per heavy atom. The van der Waals surface area contributed by atoms with E-state index in [0.29, 0.717) is 9.75 Å². The lowest BCUT2D eigenvalue weighted by molar-refractivity contribution is -0.209. The first-order valence-electron chi connectivity index (χ1n) is 12.9. The Morgan fingerprint density at radius 1 is 0.682 bits per heavy atom. The van der Waals surface area contributed by atoms with E-state index in [-0.39, 0.29) is 0 Å². The van der Waals surface area contributed by atoms with Crippen LogP contribution in [0.25, 0.3) is 0 Å². The van der Waals surface area contributed by atoms with Gasteiger partial charge in [-0.1, -0.05) is 0 Å². The summed E-state index contributed by atoms with van der Waals surface area (Å²) in [6.45, 7) is 13.4. The number of thiophene rings is 2. The van der Waals surface area contributed by atoms with Gasteiger partial charge in [0.2, 0.25) is 0 Å². The molecule has 0 saturated heterocycles. The number of halogens is 8. The van der Waals surface area contributed by atoms with E-state index in [2.05, 4.69) is 41.3 Å². The topological polar surface area (TPSA) is 98.7 Å². The van der Waals surface area contributed by atoms with E-state index < -0.39 is 79.9 Å². The van der Waals surface area contributed by atoms with Crippen molar-refractivity contribution in [1.82, 2.24) is 9.44 Å². The van der Waals surface area contributed by atoms with Crippen molar-refractivity contribution in [3.05, 3.63) is 41.6 Å². The van der Waals surface area contributed by atoms with Crippen molar-refractivity contribution in [3.63, 3.8) is 0 Å². The number of nitrogens with one attached hydrogen (secondary N) is 2. The molecular weight excluding hydrogens is 806 g/mol. The molecule has 0 amide bonds. The molecule has 0 aliphatic rings. The molecule has 0 bridgehead atoms. The second kappa shape index (κ2) is 15.5. The molecule has 0 fully saturated rings. The molecule has 2 heterocycles. The molecule has 4 N–H and O–H groups in total. The number of rotatable bonds is 10. The molecule has 6 nitrogen and oxygen atoms in total. The third kappa shape index (κ3) is 12.9. The van der Waals surface area contributed by atoms with Crippen molar-refractivity contribution in [1.29, 1.82) is 0 Å². The zero-order chi connectivity index (χ0) is 34.7. The first-order valence-corrected chi connectivity index (χ1v) is 18.5. The van der Waals surface area contributed by atoms with Crippen LogP contribution in [0.2, 0.25) is 0 Å². The Labute approximate surface area is 284 Å². The van der Waals surface area contributed by atoms with Gasteiger partial charge >= 0.3 is 12.4 Å². The van der Waals surface area contributed by atoms with Crippen LogP contribution in [0.5, 0.6) is 0 Å². The molecule has 2 rings (SSSR count). The van der Waals surface area contributed by atoms with Gasteiger partial charge in [0.1, 0.15) is 0 Å². The van der Waals surface area contributed by atoms with Crippen LogP contribution < -0.4 is 9.44 Å². The molecule has 0 aromatic carbocycles. The van der Waals surface area contributed by atoms with Crippen LogP contribution >= 0.6 is 54.5 Å². The average molecular weight is 845 g/mol. The maximum Gasteiger partial charge on any atom is 0.414 e. The minimum absolute atomic E-state index is 0.570. The van der Waals surface area contributed by atoms with Crippen LogP contribution in [0.4, 0.5) is 26.3 Å². The van der Waals surface area contributed by atoms with Gasteiger partial charge in [-0.3, -0.25) is 0 Å². The minimum Gasteiger partial charge on any atom is -0.384 e. The summed E-state index contributed by atoms with van der Waals surface area (Å²) in [5.41, 5.74) is -2.52. The molecular formula is C26H38Br2F6N2O4S4. The summed E-state index contributed by atoms with van der Waals surface area (Å²) in [6, 6.07) is 3.33. The summed E-state index contributed by atoms with van der Waals surface area (Å²) in [4.78, 5) is 1.14. The number of hydrogen-bond donors (Lipinski definition) is 4. The third-order valence-corrected chi connectivity index (χ3v) is 13.3. The van der Waals surface area contributed by atoms with Crippen molar-refractivity contribution in [2.75, 3.05) is 0 Å². The summed E-state index contributed by atoms with van der Waals surface area (Å²) >= 11 is 9.00. The quantitative estimate of drug-likeness (QED) is 0.182. The molecule has 18 heteroatoms. The molecule has 256 valence electrons. The van der Waals surface area contributed by atoms with Gasteiger partial charge in [-0.05, 0) is 99.4 Å². The van der Waals surface area contributed by atoms with Crippen molar-refractivity contribution in [3.8, 4) is 0 Å². The van der Waals surface area contributed by atoms with Gasteiger partial charge in [-0.25, -0.2) is 17.9 Å². The summed E-state index contributed by atoms with van der Waals surface area (Å²) in [5, 5.41) is 22.3. The summed E-state index contributed by atoms with van der Waals surface area (Å²) in [5.74, 6) is 0. The van der Waals surface area contributed by atoms with Crippen molar-refractivity contribution in [2.45, 2.75) is 113 Å². The molecule has 2 aromatic rings. The average Bonchev–Trinajstić information content (AvgIpc) is 3.46. The highest BCUT2D eigenvalue weighted by Crippen LogP contribution is 2.39. The van der Waals surface area contributed by atoms with Crippen LogP contribution in [0.3, 0.4) is 0 Å². The monoisotopic (exact) mass is 842 g/mol. The van der Waals surface area contributed by atoms with E-state index in [1.54, 1.807) is 64.4 Å². The number of alkyl halides is 6. The Balaban J connectivity index is 0.000000440. The maximum atomic E-state index is 12.7. The molecule has 0 spiro atoms. The predicted molar refractivity (Wildman–Crippen MR) is 174 cm³/mol. The second-order valence-corrected chi connectivity index (χ2v) is 20.0. The Hall–Kier alpha value is 0.0800. The van der Waals surface area contributed by atoms with E-state index in [1.807, 2.05) is 0 Å². The van der Waals surface area contributed by atoms with E-state index in [1.165, 1.54) is 36.5 Å². The van der Waals surface area contributed by atoms with Crippen molar-refractivity contribution in [2.24, 2.45) is 0 Å². The number of aliphatic hydroxyl groups excluding tert-OH is 2. The highest BCUT2D eigenvalue weighted by molar-refractivity contribution is 9.10. The fourth-order valence-electron chi connectivity index (χ4n) is 3.31. The van der Waals surface area contributed by atoms with Gasteiger partial charge < -0.3 is 10.2 Å². The molecule has 44 heavy (non-hydrogen) atoms. The first-order chi connectivity index (χ1) is 19.5. The summed E-state index contributed by atoms with van der Waals surface area (Å²) in [7, 11) is -3.16. The van der Waals surface area contributed by atoms with Crippen molar-refractivity contribution < 1.29 is 45.0 Å². The zero-order valence-corrected chi connectivity index (χ0v) is 31.7. The van der Waals surface area contributed by atoms with Crippen molar-refractivity contribution >= 4 is 76.5 Å².